The van der Waals surface area contributed by atoms with E-state index in [9.17, 15) is 9.59 Å². The lowest BCUT2D eigenvalue weighted by Crippen LogP contribution is -2.28. The molecule has 0 aromatic heterocycles. The number of nitrogens with zero attached hydrogens (tertiary/aromatic N) is 1. The highest BCUT2D eigenvalue weighted by Gasteiger charge is 2.35. The molecule has 1 atom stereocenters. The van der Waals surface area contributed by atoms with Crippen LogP contribution in [0, 0.1) is 12.8 Å². The quantitative estimate of drug-likeness (QED) is 0.652. The second-order valence-corrected chi connectivity index (χ2v) is 7.76. The summed E-state index contributed by atoms with van der Waals surface area (Å²) in [7, 11) is 0. The van der Waals surface area contributed by atoms with Crippen LogP contribution in [-0.4, -0.2) is 18.4 Å². The van der Waals surface area contributed by atoms with E-state index in [4.69, 9.17) is 0 Å². The number of rotatable bonds is 3. The van der Waals surface area contributed by atoms with Crippen LogP contribution in [0.1, 0.15) is 12.0 Å². The predicted octanol–water partition coefficient (Wildman–Crippen LogP) is 4.90. The third-order valence-electron chi connectivity index (χ3n) is 4.90. The van der Waals surface area contributed by atoms with Gasteiger partial charge in [-0.2, -0.15) is 0 Å². The maximum absolute atomic E-state index is 12.7. The van der Waals surface area contributed by atoms with E-state index in [0.717, 1.165) is 32.2 Å². The maximum Gasteiger partial charge on any atom is 0.229 e. The number of aryl methyl sites for hydroxylation is 1. The Hall–Kier alpha value is -2.66. The summed E-state index contributed by atoms with van der Waals surface area (Å²) >= 11 is 3.54. The van der Waals surface area contributed by atoms with E-state index >= 15 is 0 Å². The zero-order valence-electron chi connectivity index (χ0n) is 14.9. The number of hydrogen-bond acceptors (Lipinski definition) is 2. The number of fused-ring (bicyclic) bond motifs is 1. The van der Waals surface area contributed by atoms with Crippen LogP contribution < -0.4 is 10.2 Å². The first-order valence-corrected chi connectivity index (χ1v) is 9.67. The van der Waals surface area contributed by atoms with Crippen LogP contribution in [-0.2, 0) is 9.59 Å². The van der Waals surface area contributed by atoms with Gasteiger partial charge < -0.3 is 10.2 Å². The van der Waals surface area contributed by atoms with Crippen molar-refractivity contribution in [1.82, 2.24) is 0 Å². The molecular weight excluding hydrogens is 404 g/mol. The number of hydrogen-bond donors (Lipinski definition) is 1. The molecular formula is C22H19BrN2O2. The van der Waals surface area contributed by atoms with Gasteiger partial charge in [-0.1, -0.05) is 46.3 Å². The van der Waals surface area contributed by atoms with Gasteiger partial charge in [0.2, 0.25) is 11.8 Å². The molecule has 0 spiro atoms. The summed E-state index contributed by atoms with van der Waals surface area (Å²) < 4.78 is 1.02. The Balaban J connectivity index is 1.50. The van der Waals surface area contributed by atoms with E-state index in [1.807, 2.05) is 67.6 Å². The highest BCUT2D eigenvalue weighted by Crippen LogP contribution is 2.29. The topological polar surface area (TPSA) is 49.4 Å². The van der Waals surface area contributed by atoms with Crippen LogP contribution in [0.4, 0.5) is 11.4 Å². The third-order valence-corrected chi connectivity index (χ3v) is 5.60. The Morgan fingerprint density at radius 2 is 1.93 bits per heavy atom. The van der Waals surface area contributed by atoms with Gasteiger partial charge in [-0.3, -0.25) is 9.59 Å². The van der Waals surface area contributed by atoms with Crippen molar-refractivity contribution in [3.63, 3.8) is 0 Å². The monoisotopic (exact) mass is 422 g/mol. The first-order chi connectivity index (χ1) is 13.0. The van der Waals surface area contributed by atoms with Crippen molar-refractivity contribution in [2.75, 3.05) is 16.8 Å². The molecule has 0 saturated carbocycles. The fourth-order valence-corrected chi connectivity index (χ4v) is 4.01. The van der Waals surface area contributed by atoms with Crippen LogP contribution in [0.15, 0.2) is 65.1 Å². The first kappa shape index (κ1) is 17.7. The van der Waals surface area contributed by atoms with Crippen molar-refractivity contribution in [3.8, 4) is 0 Å². The fourth-order valence-electron chi connectivity index (χ4n) is 3.49. The molecule has 0 radical (unpaired) electrons. The average molecular weight is 423 g/mol. The molecule has 1 saturated heterocycles. The molecule has 5 heteroatoms. The molecule has 1 unspecified atom stereocenters. The Labute approximate surface area is 166 Å². The number of anilines is 2. The Morgan fingerprint density at radius 3 is 2.74 bits per heavy atom. The molecule has 0 bridgehead atoms. The molecule has 1 heterocycles. The Morgan fingerprint density at radius 1 is 1.11 bits per heavy atom. The molecule has 136 valence electrons. The normalized spacial score (nSPS) is 16.7. The maximum atomic E-state index is 12.7. The van der Waals surface area contributed by atoms with E-state index in [1.54, 1.807) is 4.90 Å². The summed E-state index contributed by atoms with van der Waals surface area (Å²) in [6.07, 6.45) is 0.235. The molecule has 3 aromatic rings. The summed E-state index contributed by atoms with van der Waals surface area (Å²) in [5.41, 5.74) is 2.69. The number of benzene rings is 3. The van der Waals surface area contributed by atoms with Gasteiger partial charge >= 0.3 is 0 Å². The summed E-state index contributed by atoms with van der Waals surface area (Å²) in [6, 6.07) is 19.6. The van der Waals surface area contributed by atoms with Gasteiger partial charge in [0.15, 0.2) is 0 Å². The molecule has 2 amide bonds. The first-order valence-electron chi connectivity index (χ1n) is 8.87. The van der Waals surface area contributed by atoms with Gasteiger partial charge in [-0.15, -0.1) is 0 Å². The van der Waals surface area contributed by atoms with Gasteiger partial charge in [0, 0.05) is 28.8 Å². The SMILES string of the molecule is Cc1cccc(N2CC(C(=O)Nc3ccc4c(Br)cccc4c3)CC2=O)c1. The molecule has 4 rings (SSSR count). The van der Waals surface area contributed by atoms with Crippen LogP contribution in [0.5, 0.6) is 0 Å². The molecule has 1 fully saturated rings. The Kier molecular flexibility index (Phi) is 4.70. The van der Waals surface area contributed by atoms with E-state index in [-0.39, 0.29) is 24.2 Å². The van der Waals surface area contributed by atoms with E-state index in [1.165, 1.54) is 0 Å². The number of halogens is 1. The molecule has 27 heavy (non-hydrogen) atoms. The van der Waals surface area contributed by atoms with Crippen molar-refractivity contribution in [3.05, 3.63) is 70.7 Å². The molecule has 0 aliphatic carbocycles. The minimum absolute atomic E-state index is 0.0109. The predicted molar refractivity (Wildman–Crippen MR) is 112 cm³/mol. The smallest absolute Gasteiger partial charge is 0.229 e. The summed E-state index contributed by atoms with van der Waals surface area (Å²) in [6.45, 7) is 2.40. The standard InChI is InChI=1S/C22H19BrN2O2/c1-14-4-2-6-18(10-14)25-13-16(12-21(25)26)22(27)24-17-8-9-19-15(11-17)5-3-7-20(19)23/h2-11,16H,12-13H2,1H3,(H,24,27). The van der Waals surface area contributed by atoms with Crippen LogP contribution >= 0.6 is 15.9 Å². The molecule has 4 nitrogen and oxygen atoms in total. The zero-order valence-corrected chi connectivity index (χ0v) is 16.5. The van der Waals surface area contributed by atoms with E-state index in [0.29, 0.717) is 6.54 Å². The molecule has 3 aromatic carbocycles. The molecule has 1 aliphatic rings. The third kappa shape index (κ3) is 3.60. The average Bonchev–Trinajstić information content (AvgIpc) is 3.04. The summed E-state index contributed by atoms with van der Waals surface area (Å²) in [5.74, 6) is -0.479. The van der Waals surface area contributed by atoms with E-state index in [2.05, 4.69) is 21.2 Å². The van der Waals surface area contributed by atoms with Crippen molar-refractivity contribution in [2.24, 2.45) is 5.92 Å². The van der Waals surface area contributed by atoms with Crippen LogP contribution in [0.3, 0.4) is 0 Å². The summed E-state index contributed by atoms with van der Waals surface area (Å²) in [4.78, 5) is 26.8. The second-order valence-electron chi connectivity index (χ2n) is 6.91. The number of carbonyl (C=O) groups excluding carboxylic acids is 2. The van der Waals surface area contributed by atoms with Crippen molar-refractivity contribution >= 4 is 49.9 Å². The fraction of sp³-hybridized carbons (Fsp3) is 0.182. The minimum atomic E-state index is -0.351. The lowest BCUT2D eigenvalue weighted by atomic mass is 10.1. The zero-order chi connectivity index (χ0) is 19.0. The van der Waals surface area contributed by atoms with Crippen molar-refractivity contribution in [1.29, 1.82) is 0 Å². The van der Waals surface area contributed by atoms with Crippen LogP contribution in [0.25, 0.3) is 10.8 Å². The highest BCUT2D eigenvalue weighted by molar-refractivity contribution is 9.10. The van der Waals surface area contributed by atoms with Gasteiger partial charge in [0.1, 0.15) is 0 Å². The largest absolute Gasteiger partial charge is 0.326 e. The molecule has 1 N–H and O–H groups in total. The number of amides is 2. The van der Waals surface area contributed by atoms with Crippen molar-refractivity contribution < 1.29 is 9.59 Å². The van der Waals surface area contributed by atoms with Gasteiger partial charge in [-0.05, 0) is 53.6 Å². The highest BCUT2D eigenvalue weighted by atomic mass is 79.9. The lowest BCUT2D eigenvalue weighted by Gasteiger charge is -2.17. The van der Waals surface area contributed by atoms with Crippen LogP contribution in [0.2, 0.25) is 0 Å². The summed E-state index contributed by atoms with van der Waals surface area (Å²) in [5, 5.41) is 5.11. The minimum Gasteiger partial charge on any atom is -0.326 e. The van der Waals surface area contributed by atoms with E-state index < -0.39 is 0 Å². The molecule has 1 aliphatic heterocycles. The van der Waals surface area contributed by atoms with Gasteiger partial charge in [-0.25, -0.2) is 0 Å². The lowest BCUT2D eigenvalue weighted by molar-refractivity contribution is -0.122. The van der Waals surface area contributed by atoms with Gasteiger partial charge in [0.25, 0.3) is 0 Å². The Bertz CT molecular complexity index is 1050. The number of nitrogens with one attached hydrogen (secondary N) is 1. The second kappa shape index (κ2) is 7.16. The van der Waals surface area contributed by atoms with Gasteiger partial charge in [0.05, 0.1) is 5.92 Å². The van der Waals surface area contributed by atoms with Crippen molar-refractivity contribution in [2.45, 2.75) is 13.3 Å². The number of carbonyl (C=O) groups is 2.